The Bertz CT molecular complexity index is 1010. The second-order valence-electron chi connectivity index (χ2n) is 6.11. The summed E-state index contributed by atoms with van der Waals surface area (Å²) in [5, 5.41) is 0.816. The molecule has 0 saturated carbocycles. The van der Waals surface area contributed by atoms with Crippen molar-refractivity contribution >= 4 is 22.7 Å². The number of hydrazine groups is 1. The van der Waals surface area contributed by atoms with Crippen LogP contribution in [0.25, 0.3) is 10.9 Å². The number of para-hydroxylation sites is 1. The number of rotatable bonds is 6. The van der Waals surface area contributed by atoms with E-state index in [1.165, 1.54) is 0 Å². The molecule has 28 heavy (non-hydrogen) atoms. The number of benzene rings is 2. The van der Waals surface area contributed by atoms with Crippen LogP contribution in [0.1, 0.15) is 34.6 Å². The predicted molar refractivity (Wildman–Crippen MR) is 107 cm³/mol. The molecule has 2 aromatic carbocycles. The Balaban J connectivity index is 1.72. The maximum atomic E-state index is 12.5. The van der Waals surface area contributed by atoms with Gasteiger partial charge in [-0.1, -0.05) is 18.2 Å². The Morgan fingerprint density at radius 2 is 1.61 bits per heavy atom. The van der Waals surface area contributed by atoms with Gasteiger partial charge in [0, 0.05) is 29.7 Å². The number of carbonyl (C=O) groups is 2. The molecule has 0 unspecified atom stereocenters. The molecule has 7 nitrogen and oxygen atoms in total. The van der Waals surface area contributed by atoms with Crippen LogP contribution in [0.3, 0.4) is 0 Å². The molecule has 0 aliphatic heterocycles. The van der Waals surface area contributed by atoms with E-state index in [1.807, 2.05) is 49.7 Å². The fourth-order valence-electron chi connectivity index (χ4n) is 2.97. The number of nitrogens with zero attached hydrogens (tertiary/aromatic N) is 1. The van der Waals surface area contributed by atoms with Crippen LogP contribution >= 0.6 is 0 Å². The van der Waals surface area contributed by atoms with Crippen molar-refractivity contribution in [1.82, 2.24) is 15.4 Å². The standard InChI is InChI=1S/C21H23N3O4/c1-4-27-18-11-10-14(12-19(18)28-5-2)20(25)22-23-21(26)16-13-24(3)17-9-7-6-8-15(16)17/h6-13H,4-5H2,1-3H3,(H,22,25)(H,23,26). The van der Waals surface area contributed by atoms with Gasteiger partial charge in [0.25, 0.3) is 11.8 Å². The van der Waals surface area contributed by atoms with Crippen LogP contribution < -0.4 is 20.3 Å². The second kappa shape index (κ2) is 8.47. The maximum absolute atomic E-state index is 12.5. The van der Waals surface area contributed by atoms with Gasteiger partial charge < -0.3 is 14.0 Å². The van der Waals surface area contributed by atoms with Gasteiger partial charge in [-0.2, -0.15) is 0 Å². The van der Waals surface area contributed by atoms with Gasteiger partial charge in [-0.25, -0.2) is 0 Å². The van der Waals surface area contributed by atoms with E-state index in [0.29, 0.717) is 35.8 Å². The number of carbonyl (C=O) groups excluding carboxylic acids is 2. The molecule has 1 aromatic heterocycles. The third kappa shape index (κ3) is 3.93. The number of hydrogen-bond acceptors (Lipinski definition) is 4. The molecular weight excluding hydrogens is 358 g/mol. The van der Waals surface area contributed by atoms with Crippen molar-refractivity contribution < 1.29 is 19.1 Å². The monoisotopic (exact) mass is 381 g/mol. The first-order valence-corrected chi connectivity index (χ1v) is 9.09. The lowest BCUT2D eigenvalue weighted by Gasteiger charge is -2.12. The largest absolute Gasteiger partial charge is 0.490 e. The number of amides is 2. The third-order valence-corrected chi connectivity index (χ3v) is 4.24. The van der Waals surface area contributed by atoms with Gasteiger partial charge in [0.2, 0.25) is 0 Å². The van der Waals surface area contributed by atoms with Gasteiger partial charge in [0.05, 0.1) is 18.8 Å². The summed E-state index contributed by atoms with van der Waals surface area (Å²) in [7, 11) is 1.87. The van der Waals surface area contributed by atoms with Gasteiger partial charge in [0.15, 0.2) is 11.5 Å². The zero-order valence-corrected chi connectivity index (χ0v) is 16.1. The van der Waals surface area contributed by atoms with Gasteiger partial charge in [-0.3, -0.25) is 20.4 Å². The Hall–Kier alpha value is -3.48. The number of aromatic nitrogens is 1. The third-order valence-electron chi connectivity index (χ3n) is 4.24. The van der Waals surface area contributed by atoms with Gasteiger partial charge in [-0.05, 0) is 38.1 Å². The first kappa shape index (κ1) is 19.3. The highest BCUT2D eigenvalue weighted by Gasteiger charge is 2.16. The molecule has 1 heterocycles. The average molecular weight is 381 g/mol. The highest BCUT2D eigenvalue weighted by atomic mass is 16.5. The van der Waals surface area contributed by atoms with Crippen molar-refractivity contribution in [3.8, 4) is 11.5 Å². The van der Waals surface area contributed by atoms with E-state index < -0.39 is 5.91 Å². The summed E-state index contributed by atoms with van der Waals surface area (Å²) >= 11 is 0. The van der Waals surface area contributed by atoms with E-state index in [0.717, 1.165) is 10.9 Å². The Morgan fingerprint density at radius 3 is 2.36 bits per heavy atom. The lowest BCUT2D eigenvalue weighted by molar-refractivity contribution is 0.0847. The Labute approximate surface area is 163 Å². The van der Waals surface area contributed by atoms with Crippen LogP contribution in [0.15, 0.2) is 48.7 Å². The Kier molecular flexibility index (Phi) is 5.84. The minimum absolute atomic E-state index is 0.352. The fourth-order valence-corrected chi connectivity index (χ4v) is 2.97. The second-order valence-corrected chi connectivity index (χ2v) is 6.11. The summed E-state index contributed by atoms with van der Waals surface area (Å²) in [4.78, 5) is 25.0. The summed E-state index contributed by atoms with van der Waals surface area (Å²) in [5.41, 5.74) is 6.69. The summed E-state index contributed by atoms with van der Waals surface area (Å²) in [6, 6.07) is 12.5. The minimum atomic E-state index is -0.447. The fraction of sp³-hybridized carbons (Fsp3) is 0.238. The lowest BCUT2D eigenvalue weighted by Crippen LogP contribution is -2.41. The number of hydrogen-bond donors (Lipinski definition) is 2. The molecule has 3 rings (SSSR count). The van der Waals surface area contributed by atoms with Crippen molar-refractivity contribution in [3.63, 3.8) is 0 Å². The summed E-state index contributed by atoms with van der Waals surface area (Å²) in [6.45, 7) is 4.67. The zero-order chi connectivity index (χ0) is 20.1. The lowest BCUT2D eigenvalue weighted by atomic mass is 10.1. The van der Waals surface area contributed by atoms with E-state index in [1.54, 1.807) is 24.4 Å². The van der Waals surface area contributed by atoms with E-state index in [2.05, 4.69) is 10.9 Å². The molecule has 2 N–H and O–H groups in total. The number of ether oxygens (including phenoxy) is 2. The van der Waals surface area contributed by atoms with E-state index in [-0.39, 0.29) is 5.91 Å². The van der Waals surface area contributed by atoms with Crippen molar-refractivity contribution in [1.29, 1.82) is 0 Å². The SMILES string of the molecule is CCOc1ccc(C(=O)NNC(=O)c2cn(C)c3ccccc23)cc1OCC. The van der Waals surface area contributed by atoms with Gasteiger partial charge in [0.1, 0.15) is 0 Å². The van der Waals surface area contributed by atoms with Crippen LogP contribution in [0.4, 0.5) is 0 Å². The van der Waals surface area contributed by atoms with Crippen molar-refractivity contribution in [2.75, 3.05) is 13.2 Å². The smallest absolute Gasteiger partial charge is 0.271 e. The highest BCUT2D eigenvalue weighted by Crippen LogP contribution is 2.28. The number of fused-ring (bicyclic) bond motifs is 1. The number of nitrogens with one attached hydrogen (secondary N) is 2. The van der Waals surface area contributed by atoms with E-state index in [4.69, 9.17) is 9.47 Å². The maximum Gasteiger partial charge on any atom is 0.271 e. The molecule has 0 atom stereocenters. The molecule has 0 saturated heterocycles. The summed E-state index contributed by atoms with van der Waals surface area (Å²) in [5.74, 6) is 0.219. The van der Waals surface area contributed by atoms with E-state index >= 15 is 0 Å². The van der Waals surface area contributed by atoms with Crippen LogP contribution in [0.5, 0.6) is 11.5 Å². The van der Waals surface area contributed by atoms with Crippen LogP contribution in [0.2, 0.25) is 0 Å². The molecule has 3 aromatic rings. The average Bonchev–Trinajstić information content (AvgIpc) is 3.04. The molecule has 7 heteroatoms. The summed E-state index contributed by atoms with van der Waals surface area (Å²) < 4.78 is 12.9. The molecule has 0 aliphatic carbocycles. The van der Waals surface area contributed by atoms with E-state index in [9.17, 15) is 9.59 Å². The molecule has 2 amide bonds. The van der Waals surface area contributed by atoms with Crippen LogP contribution in [-0.4, -0.2) is 29.6 Å². The molecular formula is C21H23N3O4. The van der Waals surface area contributed by atoms with Crippen molar-refractivity contribution in [2.24, 2.45) is 7.05 Å². The van der Waals surface area contributed by atoms with Crippen LogP contribution in [-0.2, 0) is 7.05 Å². The topological polar surface area (TPSA) is 81.6 Å². The van der Waals surface area contributed by atoms with Crippen molar-refractivity contribution in [3.05, 3.63) is 59.8 Å². The first-order valence-electron chi connectivity index (χ1n) is 9.09. The Morgan fingerprint density at radius 1 is 0.929 bits per heavy atom. The van der Waals surface area contributed by atoms with Gasteiger partial charge >= 0.3 is 0 Å². The minimum Gasteiger partial charge on any atom is -0.490 e. The highest BCUT2D eigenvalue weighted by molar-refractivity contribution is 6.08. The predicted octanol–water partition coefficient (Wildman–Crippen LogP) is 3.05. The molecule has 146 valence electrons. The van der Waals surface area contributed by atoms with Crippen LogP contribution in [0, 0.1) is 0 Å². The molecule has 0 aliphatic rings. The molecule has 0 bridgehead atoms. The zero-order valence-electron chi connectivity index (χ0n) is 16.1. The summed E-state index contributed by atoms with van der Waals surface area (Å²) in [6.07, 6.45) is 1.73. The quantitative estimate of drug-likeness (QED) is 0.643. The molecule has 0 spiro atoms. The normalized spacial score (nSPS) is 10.5. The van der Waals surface area contributed by atoms with Gasteiger partial charge in [-0.15, -0.1) is 0 Å². The first-order chi connectivity index (χ1) is 13.5. The van der Waals surface area contributed by atoms with Crippen molar-refractivity contribution in [2.45, 2.75) is 13.8 Å². The molecule has 0 radical (unpaired) electrons. The number of aryl methyl sites for hydroxylation is 1. The molecule has 0 fully saturated rings.